The molecule has 0 aliphatic carbocycles. The normalized spacial score (nSPS) is 12.5. The van der Waals surface area contributed by atoms with E-state index in [9.17, 15) is 22.6 Å². The topological polar surface area (TPSA) is 88.5 Å². The van der Waals surface area contributed by atoms with Gasteiger partial charge in [0.1, 0.15) is 0 Å². The maximum Gasteiger partial charge on any atom is 0.294 e. The van der Waals surface area contributed by atoms with Gasteiger partial charge in [0, 0.05) is 22.5 Å². The van der Waals surface area contributed by atoms with Crippen LogP contribution in [0.4, 0.5) is 0 Å². The van der Waals surface area contributed by atoms with Crippen molar-refractivity contribution < 1.29 is 22.6 Å². The van der Waals surface area contributed by atoms with Gasteiger partial charge in [-0.1, -0.05) is 34.6 Å². The highest BCUT2D eigenvalue weighted by atomic mass is 32.2. The molecule has 0 saturated heterocycles. The van der Waals surface area contributed by atoms with E-state index in [0.717, 1.165) is 12.1 Å². The van der Waals surface area contributed by atoms with Gasteiger partial charge in [-0.25, -0.2) is 0 Å². The third-order valence-corrected chi connectivity index (χ3v) is 3.79. The van der Waals surface area contributed by atoms with Crippen molar-refractivity contribution in [2.24, 2.45) is 11.3 Å². The Morgan fingerprint density at radius 1 is 1.05 bits per heavy atom. The maximum atomic E-state index is 12.3. The molecule has 0 aromatic heterocycles. The minimum Gasteiger partial charge on any atom is -0.294 e. The lowest BCUT2D eigenvalue weighted by atomic mass is 9.85. The van der Waals surface area contributed by atoms with Crippen molar-refractivity contribution in [2.75, 3.05) is 0 Å². The molecule has 0 fully saturated rings. The highest BCUT2D eigenvalue weighted by Crippen LogP contribution is 2.25. The third-order valence-electron chi connectivity index (χ3n) is 2.96. The van der Waals surface area contributed by atoms with Crippen LogP contribution in [0, 0.1) is 11.3 Å². The molecule has 1 aromatic carbocycles. The molecule has 21 heavy (non-hydrogen) atoms. The standard InChI is InChI=1S/C15H20O5S/c1-9(2)13(16)10-6-11(14(17)15(3,4)5)8-12(7-10)21(18,19)20/h6-9H,1-5H3,(H,18,19,20). The van der Waals surface area contributed by atoms with Gasteiger partial charge >= 0.3 is 0 Å². The minimum absolute atomic E-state index is 0.0987. The van der Waals surface area contributed by atoms with Gasteiger partial charge in [0.05, 0.1) is 4.90 Å². The van der Waals surface area contributed by atoms with Crippen molar-refractivity contribution >= 4 is 21.7 Å². The van der Waals surface area contributed by atoms with Gasteiger partial charge in [0.25, 0.3) is 10.1 Å². The Balaban J connectivity index is 3.57. The molecule has 0 atom stereocenters. The van der Waals surface area contributed by atoms with Gasteiger partial charge in [0.15, 0.2) is 11.6 Å². The molecule has 0 unspecified atom stereocenters. The number of Topliss-reactive ketones (excluding diaryl/α,β-unsaturated/α-hetero) is 2. The SMILES string of the molecule is CC(C)C(=O)c1cc(C(=O)C(C)(C)C)cc(S(=O)(=O)O)c1. The largest absolute Gasteiger partial charge is 0.294 e. The molecule has 1 aromatic rings. The third kappa shape index (κ3) is 4.22. The van der Waals surface area contributed by atoms with Gasteiger partial charge in [0.2, 0.25) is 0 Å². The van der Waals surface area contributed by atoms with E-state index in [1.165, 1.54) is 6.07 Å². The summed E-state index contributed by atoms with van der Waals surface area (Å²) in [7, 11) is -4.49. The van der Waals surface area contributed by atoms with Gasteiger partial charge in [-0.05, 0) is 18.2 Å². The lowest BCUT2D eigenvalue weighted by Crippen LogP contribution is -2.21. The smallest absolute Gasteiger partial charge is 0.294 e. The summed E-state index contributed by atoms with van der Waals surface area (Å²) in [4.78, 5) is 23.9. The summed E-state index contributed by atoms with van der Waals surface area (Å²) >= 11 is 0. The first-order valence-electron chi connectivity index (χ1n) is 6.55. The Morgan fingerprint density at radius 2 is 1.52 bits per heavy atom. The molecule has 0 saturated carbocycles. The fourth-order valence-corrected chi connectivity index (χ4v) is 2.34. The molecular formula is C15H20O5S. The van der Waals surface area contributed by atoms with E-state index < -0.39 is 20.4 Å². The predicted octanol–water partition coefficient (Wildman–Crippen LogP) is 3.00. The molecule has 1 N–H and O–H groups in total. The number of ketones is 2. The summed E-state index contributed by atoms with van der Waals surface area (Å²) in [5, 5.41) is 0. The number of carbonyl (C=O) groups excluding carboxylic acids is 2. The van der Waals surface area contributed by atoms with Crippen LogP contribution >= 0.6 is 0 Å². The monoisotopic (exact) mass is 312 g/mol. The Bertz CT molecular complexity index is 679. The van der Waals surface area contributed by atoms with Crippen molar-refractivity contribution in [3.05, 3.63) is 29.3 Å². The summed E-state index contributed by atoms with van der Waals surface area (Å²) < 4.78 is 31.9. The van der Waals surface area contributed by atoms with Crippen molar-refractivity contribution in [3.63, 3.8) is 0 Å². The van der Waals surface area contributed by atoms with Crippen LogP contribution in [-0.4, -0.2) is 24.5 Å². The first kappa shape index (κ1) is 17.5. The van der Waals surface area contributed by atoms with E-state index in [0.29, 0.717) is 0 Å². The van der Waals surface area contributed by atoms with Crippen LogP contribution in [0.1, 0.15) is 55.3 Å². The van der Waals surface area contributed by atoms with Gasteiger partial charge in [-0.15, -0.1) is 0 Å². The molecule has 0 radical (unpaired) electrons. The lowest BCUT2D eigenvalue weighted by molar-refractivity contribution is 0.0858. The molecule has 6 heteroatoms. The first-order valence-corrected chi connectivity index (χ1v) is 7.99. The molecule has 0 amide bonds. The van der Waals surface area contributed by atoms with Crippen LogP contribution in [0.15, 0.2) is 23.1 Å². The summed E-state index contributed by atoms with van der Waals surface area (Å²) in [5.74, 6) is -0.937. The van der Waals surface area contributed by atoms with Gasteiger partial charge in [-0.3, -0.25) is 14.1 Å². The number of benzene rings is 1. The average molecular weight is 312 g/mol. The highest BCUT2D eigenvalue weighted by Gasteiger charge is 2.26. The van der Waals surface area contributed by atoms with Crippen molar-refractivity contribution in [1.82, 2.24) is 0 Å². The van der Waals surface area contributed by atoms with Crippen molar-refractivity contribution in [1.29, 1.82) is 0 Å². The van der Waals surface area contributed by atoms with E-state index in [-0.39, 0.29) is 28.6 Å². The van der Waals surface area contributed by atoms with Crippen LogP contribution < -0.4 is 0 Å². The Labute approximate surface area is 125 Å². The number of rotatable bonds is 4. The van der Waals surface area contributed by atoms with E-state index >= 15 is 0 Å². The number of hydrogen-bond acceptors (Lipinski definition) is 4. The summed E-state index contributed by atoms with van der Waals surface area (Å²) in [6.45, 7) is 8.43. The molecule has 0 spiro atoms. The van der Waals surface area contributed by atoms with Crippen LogP contribution in [-0.2, 0) is 10.1 Å². The first-order chi connectivity index (χ1) is 9.34. The van der Waals surface area contributed by atoms with Crippen LogP contribution in [0.3, 0.4) is 0 Å². The van der Waals surface area contributed by atoms with Crippen LogP contribution in [0.2, 0.25) is 0 Å². The fraction of sp³-hybridized carbons (Fsp3) is 0.467. The van der Waals surface area contributed by atoms with Crippen molar-refractivity contribution in [2.45, 2.75) is 39.5 Å². The Kier molecular flexibility index (Phi) is 4.75. The maximum absolute atomic E-state index is 12.3. The second-order valence-electron chi connectivity index (χ2n) is 6.32. The summed E-state index contributed by atoms with van der Waals surface area (Å²) in [5.41, 5.74) is -0.523. The molecule has 0 bridgehead atoms. The molecule has 0 aliphatic heterocycles. The van der Waals surface area contributed by atoms with Crippen LogP contribution in [0.5, 0.6) is 0 Å². The van der Waals surface area contributed by atoms with E-state index in [2.05, 4.69) is 0 Å². The lowest BCUT2D eigenvalue weighted by Gasteiger charge is -2.18. The molecular weight excluding hydrogens is 292 g/mol. The minimum atomic E-state index is -4.49. The zero-order chi connectivity index (χ0) is 16.6. The number of hydrogen-bond donors (Lipinski definition) is 1. The molecule has 0 heterocycles. The zero-order valence-electron chi connectivity index (χ0n) is 12.8. The fourth-order valence-electron chi connectivity index (χ4n) is 1.79. The molecule has 1 rings (SSSR count). The Hall–Kier alpha value is -1.53. The predicted molar refractivity (Wildman–Crippen MR) is 79.2 cm³/mol. The van der Waals surface area contributed by atoms with Gasteiger partial charge in [-0.2, -0.15) is 8.42 Å². The van der Waals surface area contributed by atoms with Gasteiger partial charge < -0.3 is 0 Å². The molecule has 116 valence electrons. The number of carbonyl (C=O) groups is 2. The quantitative estimate of drug-likeness (QED) is 0.682. The molecule has 0 aliphatic rings. The van der Waals surface area contributed by atoms with E-state index in [4.69, 9.17) is 0 Å². The van der Waals surface area contributed by atoms with E-state index in [1.807, 2.05) is 0 Å². The summed E-state index contributed by atoms with van der Waals surface area (Å²) in [6.07, 6.45) is 0. The van der Waals surface area contributed by atoms with E-state index in [1.54, 1.807) is 34.6 Å². The van der Waals surface area contributed by atoms with Crippen molar-refractivity contribution in [3.8, 4) is 0 Å². The zero-order valence-corrected chi connectivity index (χ0v) is 13.6. The average Bonchev–Trinajstić information content (AvgIpc) is 2.34. The van der Waals surface area contributed by atoms with Crippen LogP contribution in [0.25, 0.3) is 0 Å². The summed E-state index contributed by atoms with van der Waals surface area (Å²) in [6, 6.07) is 3.57. The highest BCUT2D eigenvalue weighted by molar-refractivity contribution is 7.85. The Morgan fingerprint density at radius 3 is 1.90 bits per heavy atom. The second kappa shape index (κ2) is 5.69. The molecule has 5 nitrogen and oxygen atoms in total. The second-order valence-corrected chi connectivity index (χ2v) is 7.74.